The van der Waals surface area contributed by atoms with Crippen molar-refractivity contribution in [2.45, 2.75) is 39.3 Å². The molecule has 0 amide bonds. The van der Waals surface area contributed by atoms with Crippen LogP contribution in [0.3, 0.4) is 0 Å². The lowest BCUT2D eigenvalue weighted by atomic mass is 9.94. The lowest BCUT2D eigenvalue weighted by Crippen LogP contribution is -2.32. The van der Waals surface area contributed by atoms with Crippen LogP contribution in [0.1, 0.15) is 35.9 Å². The molecule has 0 unspecified atom stereocenters. The van der Waals surface area contributed by atoms with Gasteiger partial charge < -0.3 is 5.73 Å². The molecule has 0 aromatic carbocycles. The Morgan fingerprint density at radius 2 is 2.00 bits per heavy atom. The third-order valence-electron chi connectivity index (χ3n) is 3.58. The van der Waals surface area contributed by atoms with E-state index in [1.807, 2.05) is 11.3 Å². The minimum absolute atomic E-state index is 0.683. The van der Waals surface area contributed by atoms with Crippen LogP contribution in [-0.4, -0.2) is 18.0 Å². The summed E-state index contributed by atoms with van der Waals surface area (Å²) in [4.78, 5) is 5.35. The third-order valence-corrected chi connectivity index (χ3v) is 4.67. The summed E-state index contributed by atoms with van der Waals surface area (Å²) in [6.07, 6.45) is 4.11. The molecular weight excluding hydrogens is 216 g/mol. The number of nitrogens with zero attached hydrogens (tertiary/aromatic N) is 1. The van der Waals surface area contributed by atoms with Crippen LogP contribution in [-0.2, 0) is 13.1 Å². The van der Waals surface area contributed by atoms with E-state index in [-0.39, 0.29) is 0 Å². The summed E-state index contributed by atoms with van der Waals surface area (Å²) in [5.74, 6) is 0.971. The second kappa shape index (κ2) is 5.80. The van der Waals surface area contributed by atoms with Crippen LogP contribution in [0.4, 0.5) is 0 Å². The summed E-state index contributed by atoms with van der Waals surface area (Å²) in [5.41, 5.74) is 5.63. The molecule has 0 bridgehead atoms. The summed E-state index contributed by atoms with van der Waals surface area (Å²) in [7, 11) is 0. The molecule has 1 fully saturated rings. The van der Waals surface area contributed by atoms with Gasteiger partial charge in [-0.2, -0.15) is 0 Å². The number of likely N-dealkylation sites (tertiary alicyclic amines) is 1. The highest BCUT2D eigenvalue weighted by molar-refractivity contribution is 7.11. The van der Waals surface area contributed by atoms with E-state index in [1.165, 1.54) is 42.1 Å². The summed E-state index contributed by atoms with van der Waals surface area (Å²) in [6, 6.07) is 4.40. The molecule has 0 aliphatic carbocycles. The van der Waals surface area contributed by atoms with Crippen LogP contribution >= 0.6 is 11.3 Å². The van der Waals surface area contributed by atoms with E-state index in [9.17, 15) is 0 Å². The van der Waals surface area contributed by atoms with Gasteiger partial charge in [-0.1, -0.05) is 13.3 Å². The van der Waals surface area contributed by atoms with Gasteiger partial charge in [-0.15, -0.1) is 11.3 Å². The van der Waals surface area contributed by atoms with Gasteiger partial charge in [0.25, 0.3) is 0 Å². The van der Waals surface area contributed by atoms with Gasteiger partial charge in [0, 0.05) is 22.8 Å². The van der Waals surface area contributed by atoms with Gasteiger partial charge >= 0.3 is 0 Å². The van der Waals surface area contributed by atoms with E-state index in [1.54, 1.807) is 0 Å². The summed E-state index contributed by atoms with van der Waals surface area (Å²) in [5, 5.41) is 0. The summed E-state index contributed by atoms with van der Waals surface area (Å²) < 4.78 is 0. The lowest BCUT2D eigenvalue weighted by Gasteiger charge is -2.31. The molecule has 2 N–H and O–H groups in total. The molecular formula is C13H22N2S. The van der Waals surface area contributed by atoms with Crippen molar-refractivity contribution in [3.8, 4) is 0 Å². The van der Waals surface area contributed by atoms with Crippen molar-refractivity contribution in [1.29, 1.82) is 0 Å². The Hall–Kier alpha value is -0.380. The van der Waals surface area contributed by atoms with Gasteiger partial charge in [-0.3, -0.25) is 4.90 Å². The first-order chi connectivity index (χ1) is 7.81. The van der Waals surface area contributed by atoms with E-state index >= 15 is 0 Å². The van der Waals surface area contributed by atoms with E-state index in [0.29, 0.717) is 6.54 Å². The van der Waals surface area contributed by atoms with Crippen molar-refractivity contribution in [1.82, 2.24) is 4.90 Å². The molecule has 1 aromatic heterocycles. The zero-order chi connectivity index (χ0) is 11.4. The van der Waals surface area contributed by atoms with E-state index in [4.69, 9.17) is 5.73 Å². The van der Waals surface area contributed by atoms with Crippen LogP contribution in [0.15, 0.2) is 12.1 Å². The van der Waals surface area contributed by atoms with Gasteiger partial charge in [0.1, 0.15) is 0 Å². The van der Waals surface area contributed by atoms with Crippen molar-refractivity contribution in [3.63, 3.8) is 0 Å². The minimum atomic E-state index is 0.683. The second-order valence-electron chi connectivity index (χ2n) is 4.70. The summed E-state index contributed by atoms with van der Waals surface area (Å²) in [6.45, 7) is 6.67. The Morgan fingerprint density at radius 1 is 1.31 bits per heavy atom. The number of hydrogen-bond donors (Lipinski definition) is 1. The van der Waals surface area contributed by atoms with Crippen molar-refractivity contribution >= 4 is 11.3 Å². The predicted molar refractivity (Wildman–Crippen MR) is 70.5 cm³/mol. The van der Waals surface area contributed by atoms with Gasteiger partial charge in [-0.25, -0.2) is 0 Å². The first kappa shape index (κ1) is 12.1. The fraction of sp³-hybridized carbons (Fsp3) is 0.692. The van der Waals surface area contributed by atoms with E-state index < -0.39 is 0 Å². The van der Waals surface area contributed by atoms with Gasteiger partial charge in [-0.05, 0) is 44.0 Å². The van der Waals surface area contributed by atoms with Crippen molar-refractivity contribution < 1.29 is 0 Å². The van der Waals surface area contributed by atoms with Gasteiger partial charge in [0.15, 0.2) is 0 Å². The van der Waals surface area contributed by atoms with E-state index in [0.717, 1.165) is 12.5 Å². The second-order valence-corrected chi connectivity index (χ2v) is 5.95. The Morgan fingerprint density at radius 3 is 2.56 bits per heavy atom. The molecule has 1 aliphatic rings. The predicted octanol–water partition coefficient (Wildman–Crippen LogP) is 2.83. The first-order valence-electron chi connectivity index (χ1n) is 6.31. The van der Waals surface area contributed by atoms with Crippen LogP contribution in [0.25, 0.3) is 0 Å². The van der Waals surface area contributed by atoms with Crippen molar-refractivity contribution in [3.05, 3.63) is 21.9 Å². The largest absolute Gasteiger partial charge is 0.326 e. The number of thiophene rings is 1. The number of hydrogen-bond acceptors (Lipinski definition) is 3. The van der Waals surface area contributed by atoms with Crippen LogP contribution < -0.4 is 5.73 Å². The molecule has 1 aromatic rings. The van der Waals surface area contributed by atoms with Crippen molar-refractivity contribution in [2.24, 2.45) is 11.7 Å². The maximum atomic E-state index is 5.63. The minimum Gasteiger partial charge on any atom is -0.326 e. The SMILES string of the molecule is CCC1CCN(Cc2ccc(CN)s2)CC1. The summed E-state index contributed by atoms with van der Waals surface area (Å²) >= 11 is 1.87. The highest BCUT2D eigenvalue weighted by atomic mass is 32.1. The molecule has 90 valence electrons. The zero-order valence-corrected chi connectivity index (χ0v) is 10.9. The highest BCUT2D eigenvalue weighted by Crippen LogP contribution is 2.23. The van der Waals surface area contributed by atoms with Crippen LogP contribution in [0.5, 0.6) is 0 Å². The highest BCUT2D eigenvalue weighted by Gasteiger charge is 2.17. The van der Waals surface area contributed by atoms with Crippen molar-refractivity contribution in [2.75, 3.05) is 13.1 Å². The molecule has 0 radical (unpaired) electrons. The molecule has 1 saturated heterocycles. The maximum absolute atomic E-state index is 5.63. The molecule has 0 atom stereocenters. The Kier molecular flexibility index (Phi) is 4.38. The normalized spacial score (nSPS) is 19.1. The molecule has 2 nitrogen and oxygen atoms in total. The molecule has 0 saturated carbocycles. The Labute approximate surface area is 102 Å². The number of rotatable bonds is 4. The Bertz CT molecular complexity index is 313. The third kappa shape index (κ3) is 3.06. The van der Waals surface area contributed by atoms with Gasteiger partial charge in [0.05, 0.1) is 0 Å². The molecule has 16 heavy (non-hydrogen) atoms. The number of nitrogens with two attached hydrogens (primary N) is 1. The van der Waals surface area contributed by atoms with Crippen LogP contribution in [0.2, 0.25) is 0 Å². The topological polar surface area (TPSA) is 29.3 Å². The van der Waals surface area contributed by atoms with Crippen LogP contribution in [0, 0.1) is 5.92 Å². The molecule has 3 heteroatoms. The Balaban J connectivity index is 1.82. The fourth-order valence-corrected chi connectivity index (χ4v) is 3.33. The molecule has 2 rings (SSSR count). The fourth-order valence-electron chi connectivity index (χ4n) is 2.39. The molecule has 1 aliphatic heterocycles. The smallest absolute Gasteiger partial charge is 0.0328 e. The molecule has 2 heterocycles. The number of piperidine rings is 1. The average molecular weight is 238 g/mol. The first-order valence-corrected chi connectivity index (χ1v) is 7.13. The average Bonchev–Trinajstić information content (AvgIpc) is 2.78. The van der Waals surface area contributed by atoms with Gasteiger partial charge in [0.2, 0.25) is 0 Å². The molecule has 0 spiro atoms. The standard InChI is InChI=1S/C13H22N2S/c1-2-11-5-7-15(8-6-11)10-13-4-3-12(9-14)16-13/h3-4,11H,2,5-10,14H2,1H3. The quantitative estimate of drug-likeness (QED) is 0.874. The zero-order valence-electron chi connectivity index (χ0n) is 10.1. The maximum Gasteiger partial charge on any atom is 0.0328 e. The lowest BCUT2D eigenvalue weighted by molar-refractivity contribution is 0.176. The van der Waals surface area contributed by atoms with E-state index in [2.05, 4.69) is 24.0 Å². The monoisotopic (exact) mass is 238 g/mol.